The fourth-order valence-corrected chi connectivity index (χ4v) is 2.37. The number of nitro benzene ring substituents is 1. The topological polar surface area (TPSA) is 79.2 Å². The van der Waals surface area contributed by atoms with E-state index >= 15 is 0 Å². The van der Waals surface area contributed by atoms with E-state index in [9.17, 15) is 15.2 Å². The fraction of sp³-hybridized carbons (Fsp3) is 0.0667. The van der Waals surface area contributed by atoms with Crippen molar-refractivity contribution in [3.63, 3.8) is 0 Å². The summed E-state index contributed by atoms with van der Waals surface area (Å²) in [6.45, 7) is 0. The lowest BCUT2D eigenvalue weighted by atomic mass is 9.99. The minimum Gasteiger partial charge on any atom is -0.383 e. The minimum absolute atomic E-state index is 0.0784. The lowest BCUT2D eigenvalue weighted by Gasteiger charge is -2.10. The molecule has 1 aromatic heterocycles. The van der Waals surface area contributed by atoms with Crippen molar-refractivity contribution in [2.75, 3.05) is 0 Å². The number of rotatable bonds is 3. The van der Waals surface area contributed by atoms with Gasteiger partial charge in [0.15, 0.2) is 0 Å². The average molecular weight is 268 g/mol. The van der Waals surface area contributed by atoms with Gasteiger partial charge in [0.05, 0.1) is 10.5 Å². The number of aromatic nitrogens is 1. The Kier molecular flexibility index (Phi) is 2.96. The maximum Gasteiger partial charge on any atom is 0.275 e. The Morgan fingerprint density at radius 2 is 1.75 bits per heavy atom. The maximum absolute atomic E-state index is 11.0. The van der Waals surface area contributed by atoms with Gasteiger partial charge in [-0.25, -0.2) is 0 Å². The Morgan fingerprint density at radius 3 is 2.55 bits per heavy atom. The standard InChI is InChI=1S/C15H12N2O3/c18-15(11-6-2-4-8-14(11)17(19)20)12-9-16-13-7-3-1-5-10(12)13/h1-9,15-16,18H/t15-/m0/s1. The summed E-state index contributed by atoms with van der Waals surface area (Å²) in [6.07, 6.45) is 0.652. The zero-order valence-electron chi connectivity index (χ0n) is 10.5. The second-order valence-electron chi connectivity index (χ2n) is 4.51. The molecule has 0 spiro atoms. The van der Waals surface area contributed by atoms with Crippen LogP contribution in [0.15, 0.2) is 54.7 Å². The van der Waals surface area contributed by atoms with Gasteiger partial charge in [-0.2, -0.15) is 0 Å². The number of H-pyrrole nitrogens is 1. The van der Waals surface area contributed by atoms with Crippen molar-refractivity contribution in [1.29, 1.82) is 0 Å². The maximum atomic E-state index is 11.0. The number of para-hydroxylation sites is 2. The number of fused-ring (bicyclic) bond motifs is 1. The molecular formula is C15H12N2O3. The van der Waals surface area contributed by atoms with Crippen molar-refractivity contribution >= 4 is 16.6 Å². The van der Waals surface area contributed by atoms with Gasteiger partial charge >= 0.3 is 0 Å². The van der Waals surface area contributed by atoms with Crippen LogP contribution in [0.3, 0.4) is 0 Å². The highest BCUT2D eigenvalue weighted by Gasteiger charge is 2.23. The summed E-state index contributed by atoms with van der Waals surface area (Å²) in [5, 5.41) is 22.4. The van der Waals surface area contributed by atoms with E-state index in [1.807, 2.05) is 24.3 Å². The van der Waals surface area contributed by atoms with Crippen LogP contribution in [0.5, 0.6) is 0 Å². The predicted octanol–water partition coefficient (Wildman–Crippen LogP) is 3.16. The molecule has 5 heteroatoms. The molecule has 0 saturated carbocycles. The van der Waals surface area contributed by atoms with E-state index in [-0.39, 0.29) is 5.69 Å². The van der Waals surface area contributed by atoms with E-state index < -0.39 is 11.0 Å². The van der Waals surface area contributed by atoms with E-state index in [4.69, 9.17) is 0 Å². The Hall–Kier alpha value is -2.66. The Balaban J connectivity index is 2.13. The van der Waals surface area contributed by atoms with E-state index in [0.717, 1.165) is 10.9 Å². The van der Waals surface area contributed by atoms with Gasteiger partial charge in [0, 0.05) is 28.7 Å². The Morgan fingerprint density at radius 1 is 1.05 bits per heavy atom. The Bertz CT molecular complexity index is 779. The molecule has 3 rings (SSSR count). The number of hydrogen-bond acceptors (Lipinski definition) is 3. The first-order valence-electron chi connectivity index (χ1n) is 6.16. The van der Waals surface area contributed by atoms with Crippen LogP contribution >= 0.6 is 0 Å². The van der Waals surface area contributed by atoms with Gasteiger partial charge in [0.25, 0.3) is 5.69 Å². The number of aliphatic hydroxyl groups excluding tert-OH is 1. The summed E-state index contributed by atoms with van der Waals surface area (Å²) in [5.74, 6) is 0. The van der Waals surface area contributed by atoms with Gasteiger partial charge in [-0.05, 0) is 12.1 Å². The number of aromatic amines is 1. The predicted molar refractivity (Wildman–Crippen MR) is 75.5 cm³/mol. The van der Waals surface area contributed by atoms with E-state index in [1.54, 1.807) is 24.4 Å². The van der Waals surface area contributed by atoms with Gasteiger partial charge in [0.2, 0.25) is 0 Å². The molecule has 0 bridgehead atoms. The highest BCUT2D eigenvalue weighted by atomic mass is 16.6. The highest BCUT2D eigenvalue weighted by Crippen LogP contribution is 2.33. The molecular weight excluding hydrogens is 256 g/mol. The molecule has 1 heterocycles. The first-order chi connectivity index (χ1) is 9.68. The van der Waals surface area contributed by atoms with Crippen molar-refractivity contribution in [3.05, 3.63) is 76.0 Å². The lowest BCUT2D eigenvalue weighted by molar-refractivity contribution is -0.386. The molecule has 100 valence electrons. The third kappa shape index (κ3) is 1.94. The first kappa shape index (κ1) is 12.4. The van der Waals surface area contributed by atoms with Crippen molar-refractivity contribution in [2.24, 2.45) is 0 Å². The second-order valence-corrected chi connectivity index (χ2v) is 4.51. The molecule has 2 N–H and O–H groups in total. The fourth-order valence-electron chi connectivity index (χ4n) is 2.37. The smallest absolute Gasteiger partial charge is 0.275 e. The molecule has 0 radical (unpaired) electrons. The molecule has 0 aliphatic heterocycles. The highest BCUT2D eigenvalue weighted by molar-refractivity contribution is 5.84. The molecule has 1 atom stereocenters. The summed E-state index contributed by atoms with van der Waals surface area (Å²) in [4.78, 5) is 13.6. The van der Waals surface area contributed by atoms with Gasteiger partial charge < -0.3 is 10.1 Å². The normalized spacial score (nSPS) is 12.4. The van der Waals surface area contributed by atoms with Gasteiger partial charge in [0.1, 0.15) is 6.10 Å². The lowest BCUT2D eigenvalue weighted by Crippen LogP contribution is -2.03. The molecule has 0 fully saturated rings. The van der Waals surface area contributed by atoms with Crippen molar-refractivity contribution in [1.82, 2.24) is 4.98 Å². The zero-order chi connectivity index (χ0) is 14.1. The molecule has 2 aromatic carbocycles. The third-order valence-electron chi connectivity index (χ3n) is 3.34. The quantitative estimate of drug-likeness (QED) is 0.565. The summed E-state index contributed by atoms with van der Waals surface area (Å²) in [6, 6.07) is 13.8. The molecule has 3 aromatic rings. The Labute approximate surface area is 114 Å². The average Bonchev–Trinajstić information content (AvgIpc) is 2.90. The summed E-state index contributed by atoms with van der Waals surface area (Å²) < 4.78 is 0. The van der Waals surface area contributed by atoms with Crippen LogP contribution < -0.4 is 0 Å². The van der Waals surface area contributed by atoms with E-state index in [0.29, 0.717) is 11.1 Å². The number of benzene rings is 2. The molecule has 0 aliphatic rings. The zero-order valence-corrected chi connectivity index (χ0v) is 10.5. The largest absolute Gasteiger partial charge is 0.383 e. The molecule has 5 nitrogen and oxygen atoms in total. The molecule has 0 aliphatic carbocycles. The SMILES string of the molecule is O=[N+]([O-])c1ccccc1[C@H](O)c1c[nH]c2ccccc12. The number of nitrogens with one attached hydrogen (secondary N) is 1. The van der Waals surface area contributed by atoms with Gasteiger partial charge in [-0.3, -0.25) is 10.1 Å². The third-order valence-corrected chi connectivity index (χ3v) is 3.34. The monoisotopic (exact) mass is 268 g/mol. The van der Waals surface area contributed by atoms with Crippen molar-refractivity contribution in [2.45, 2.75) is 6.10 Å². The molecule has 0 amide bonds. The first-order valence-corrected chi connectivity index (χ1v) is 6.16. The van der Waals surface area contributed by atoms with E-state index in [2.05, 4.69) is 4.98 Å². The van der Waals surface area contributed by atoms with Crippen LogP contribution in [-0.2, 0) is 0 Å². The summed E-state index contributed by atoms with van der Waals surface area (Å²) in [5.41, 5.74) is 1.74. The number of nitro groups is 1. The minimum atomic E-state index is -1.03. The number of aliphatic hydroxyl groups is 1. The van der Waals surface area contributed by atoms with Crippen molar-refractivity contribution in [3.8, 4) is 0 Å². The van der Waals surface area contributed by atoms with E-state index in [1.165, 1.54) is 6.07 Å². The molecule has 0 unspecified atom stereocenters. The van der Waals surface area contributed by atoms with Gasteiger partial charge in [-0.1, -0.05) is 30.3 Å². The van der Waals surface area contributed by atoms with Crippen LogP contribution in [0, 0.1) is 10.1 Å². The van der Waals surface area contributed by atoms with Gasteiger partial charge in [-0.15, -0.1) is 0 Å². The van der Waals surface area contributed by atoms with Crippen LogP contribution in [0.2, 0.25) is 0 Å². The second kappa shape index (κ2) is 4.79. The summed E-state index contributed by atoms with van der Waals surface area (Å²) >= 11 is 0. The number of nitrogens with zero attached hydrogens (tertiary/aromatic N) is 1. The van der Waals surface area contributed by atoms with Crippen molar-refractivity contribution < 1.29 is 10.0 Å². The summed E-state index contributed by atoms with van der Waals surface area (Å²) in [7, 11) is 0. The van der Waals surface area contributed by atoms with Crippen LogP contribution in [0.25, 0.3) is 10.9 Å². The number of hydrogen-bond donors (Lipinski definition) is 2. The van der Waals surface area contributed by atoms with Crippen LogP contribution in [-0.4, -0.2) is 15.0 Å². The van der Waals surface area contributed by atoms with Crippen LogP contribution in [0.4, 0.5) is 5.69 Å². The molecule has 0 saturated heterocycles. The van der Waals surface area contributed by atoms with Crippen LogP contribution in [0.1, 0.15) is 17.2 Å². The molecule has 20 heavy (non-hydrogen) atoms.